The molecule has 1 fully saturated rings. The first-order chi connectivity index (χ1) is 20.9. The van der Waals surface area contributed by atoms with Crippen molar-refractivity contribution in [2.75, 3.05) is 0 Å². The van der Waals surface area contributed by atoms with E-state index in [-0.39, 0.29) is 11.2 Å². The Bertz CT molecular complexity index is 1590. The number of aromatic nitrogens is 2. The molecule has 0 radical (unpaired) electrons. The lowest BCUT2D eigenvalue weighted by Crippen LogP contribution is -2.23. The Morgan fingerprint density at radius 3 is 2.40 bits per heavy atom. The van der Waals surface area contributed by atoms with Crippen LogP contribution in [-0.2, 0) is 33.2 Å². The van der Waals surface area contributed by atoms with Gasteiger partial charge < -0.3 is 4.98 Å². The molecule has 5 rings (SSSR count). The number of nitrogens with one attached hydrogen (secondary N) is 2. The van der Waals surface area contributed by atoms with Crippen LogP contribution in [0.2, 0.25) is 0 Å². The molecule has 9 heteroatoms. The van der Waals surface area contributed by atoms with Crippen molar-refractivity contribution in [1.29, 1.82) is 0 Å². The summed E-state index contributed by atoms with van der Waals surface area (Å²) in [6.45, 7) is 15.7. The van der Waals surface area contributed by atoms with Crippen LogP contribution < -0.4 is 20.6 Å². The van der Waals surface area contributed by atoms with Crippen LogP contribution in [0.3, 0.4) is 0 Å². The summed E-state index contributed by atoms with van der Waals surface area (Å²) >= 11 is 0. The summed E-state index contributed by atoms with van der Waals surface area (Å²) < 4.78 is 24.9. The van der Waals surface area contributed by atoms with Gasteiger partial charge in [-0.3, -0.25) is 9.52 Å². The molecule has 2 aliphatic rings. The van der Waals surface area contributed by atoms with Crippen molar-refractivity contribution in [2.24, 2.45) is 5.14 Å². The summed E-state index contributed by atoms with van der Waals surface area (Å²) in [5, 5.41) is 9.37. The van der Waals surface area contributed by atoms with E-state index in [2.05, 4.69) is 28.2 Å². The maximum absolute atomic E-state index is 11.5. The molecule has 1 aromatic heterocycles. The van der Waals surface area contributed by atoms with Gasteiger partial charge in [-0.15, -0.1) is 0 Å². The molecule has 3 atom stereocenters. The van der Waals surface area contributed by atoms with Crippen molar-refractivity contribution in [1.82, 2.24) is 14.7 Å². The van der Waals surface area contributed by atoms with Crippen LogP contribution in [0.4, 0.5) is 0 Å². The first-order valence-corrected chi connectivity index (χ1v) is 17.0. The number of amides is 1. The van der Waals surface area contributed by atoms with Gasteiger partial charge in [-0.1, -0.05) is 114 Å². The predicted octanol–water partition coefficient (Wildman–Crippen LogP) is 5.59. The number of nitrogens with zero attached hydrogens (tertiary/aromatic N) is 1. The van der Waals surface area contributed by atoms with Crippen LogP contribution in [0.1, 0.15) is 60.2 Å². The molecule has 2 heterocycles. The second-order valence-electron chi connectivity index (χ2n) is 8.58. The van der Waals surface area contributed by atoms with E-state index < -0.39 is 22.0 Å². The Morgan fingerprint density at radius 1 is 1.12 bits per heavy atom. The molecule has 4 N–H and O–H groups in total. The zero-order chi connectivity index (χ0) is 32.2. The minimum atomic E-state index is -1.38. The summed E-state index contributed by atoms with van der Waals surface area (Å²) in [4.78, 5) is 19.3. The van der Waals surface area contributed by atoms with Gasteiger partial charge in [0.25, 0.3) is 0 Å². The highest BCUT2D eigenvalue weighted by atomic mass is 32.2. The molecule has 0 spiro atoms. The van der Waals surface area contributed by atoms with Gasteiger partial charge in [0.2, 0.25) is 5.91 Å². The van der Waals surface area contributed by atoms with Gasteiger partial charge in [0.1, 0.15) is 27.8 Å². The Balaban J connectivity index is 0.000000305. The monoisotopic (exact) mass is 622 g/mol. The lowest BCUT2D eigenvalue weighted by molar-refractivity contribution is -0.118. The van der Waals surface area contributed by atoms with Gasteiger partial charge in [0.05, 0.1) is 20.8 Å². The number of hydrogen-bond donors (Lipinski definition) is 3. The molecule has 2 aromatic carbocycles. The maximum atomic E-state index is 11.5. The number of aromatic amines is 1. The Labute approximate surface area is 261 Å². The summed E-state index contributed by atoms with van der Waals surface area (Å²) in [7, 11) is -2.63. The zero-order valence-corrected chi connectivity index (χ0v) is 27.8. The summed E-state index contributed by atoms with van der Waals surface area (Å²) in [6.07, 6.45) is 17.6. The van der Waals surface area contributed by atoms with E-state index in [9.17, 15) is 13.2 Å². The van der Waals surface area contributed by atoms with Gasteiger partial charge in [-0.25, -0.2) is 18.5 Å². The van der Waals surface area contributed by atoms with Crippen LogP contribution in [0.5, 0.6) is 0 Å². The van der Waals surface area contributed by atoms with Crippen LogP contribution in [0.25, 0.3) is 22.9 Å². The molecule has 0 bridgehead atoms. The first kappa shape index (κ1) is 37.4. The van der Waals surface area contributed by atoms with Crippen LogP contribution in [0.15, 0.2) is 96.0 Å². The van der Waals surface area contributed by atoms with E-state index in [4.69, 9.17) is 5.14 Å². The number of imidazole rings is 1. The van der Waals surface area contributed by atoms with Crippen molar-refractivity contribution in [2.45, 2.75) is 71.0 Å². The quantitative estimate of drug-likeness (QED) is 0.351. The van der Waals surface area contributed by atoms with Crippen molar-refractivity contribution in [3.63, 3.8) is 0 Å². The molecule has 1 aliphatic heterocycles. The fourth-order valence-electron chi connectivity index (χ4n) is 3.92. The van der Waals surface area contributed by atoms with Gasteiger partial charge in [-0.2, -0.15) is 0 Å². The highest BCUT2D eigenvalue weighted by molar-refractivity contribution is 7.85. The number of fused-ring (bicyclic) bond motifs is 1. The highest BCUT2D eigenvalue weighted by Crippen LogP contribution is 2.21. The van der Waals surface area contributed by atoms with E-state index in [0.717, 1.165) is 45.7 Å². The van der Waals surface area contributed by atoms with Crippen molar-refractivity contribution in [3.05, 3.63) is 108 Å². The van der Waals surface area contributed by atoms with Gasteiger partial charge in [0, 0.05) is 12.8 Å². The number of aryl methyl sites for hydroxylation is 1. The molecular weight excluding hydrogens is 577 g/mol. The number of carbonyl (C=O) groups is 1. The average molecular weight is 623 g/mol. The van der Waals surface area contributed by atoms with E-state index in [1.165, 1.54) is 0 Å². The third-order valence-electron chi connectivity index (χ3n) is 5.90. The first-order valence-electron chi connectivity index (χ1n) is 14.6. The fourth-order valence-corrected chi connectivity index (χ4v) is 5.54. The Hall–Kier alpha value is -3.66. The van der Waals surface area contributed by atoms with E-state index in [1.54, 1.807) is 12.1 Å². The summed E-state index contributed by atoms with van der Waals surface area (Å²) in [5.41, 5.74) is 0.992. The third-order valence-corrected chi connectivity index (χ3v) is 8.00. The second-order valence-corrected chi connectivity index (χ2v) is 11.0. The highest BCUT2D eigenvalue weighted by Gasteiger charge is 2.31. The number of allylic oxidation sites excluding steroid dienone is 6. The fraction of sp³-hybridized carbons (Fsp3) is 0.294. The maximum Gasteiger partial charge on any atom is 0.233 e. The lowest BCUT2D eigenvalue weighted by atomic mass is 10.1. The summed E-state index contributed by atoms with van der Waals surface area (Å²) in [5.74, 6) is 0.899. The minimum Gasteiger partial charge on any atom is -0.342 e. The lowest BCUT2D eigenvalue weighted by Gasteiger charge is -2.06. The molecule has 232 valence electrons. The Morgan fingerprint density at radius 2 is 1.81 bits per heavy atom. The molecule has 3 aromatic rings. The van der Waals surface area contributed by atoms with Gasteiger partial charge in [0.15, 0.2) is 0 Å². The van der Waals surface area contributed by atoms with Crippen molar-refractivity contribution >= 4 is 50.8 Å². The standard InChI is InChI=1S/C10H14N2.C10H11NO2S.C10H9NOS.2C2H6/c1-4-7-9-8(5-2)11-10(6-3)12-9;12-10-7-9(14(13)11-10)8-5-3-1-2-4-6-8;11-13(12)10-6-5-8-3-1-2-4-9(8)7-10;2*1-2/h4-5,7H,1,6H2,2-3H3,(H,11,12);1-3,5-6,9H,4,7H2,(H,11,12);1-7H,11H2;2*1-2H3/b8-5+,9-7+;;;;. The SMILES string of the molecule is C=C/C=c1/[nH]c(CC)n/c1=C/C.CC.CC.NS(=O)c1ccc2ccccc2c1.O=C1CC(C2=CCC=CC=C2)S(=O)N1. The number of hydrogen-bond acceptors (Lipinski definition) is 4. The predicted molar refractivity (Wildman–Crippen MR) is 185 cm³/mol. The number of H-pyrrole nitrogens is 1. The van der Waals surface area contributed by atoms with Gasteiger partial charge in [-0.05, 0) is 47.9 Å². The van der Waals surface area contributed by atoms with E-state index in [1.807, 2.05) is 114 Å². The normalized spacial score (nSPS) is 18.2. The Kier molecular flexibility index (Phi) is 18.3. The van der Waals surface area contributed by atoms with Crippen LogP contribution >= 0.6 is 0 Å². The number of carbonyl (C=O) groups excluding carboxylic acids is 1. The molecule has 0 saturated carbocycles. The zero-order valence-electron chi connectivity index (χ0n) is 26.1. The minimum absolute atomic E-state index is 0.125. The van der Waals surface area contributed by atoms with Crippen LogP contribution in [0, 0.1) is 0 Å². The molecule has 1 saturated heterocycles. The number of benzene rings is 2. The van der Waals surface area contributed by atoms with Crippen molar-refractivity contribution in [3.8, 4) is 0 Å². The smallest absolute Gasteiger partial charge is 0.233 e. The largest absolute Gasteiger partial charge is 0.342 e. The number of rotatable bonds is 4. The molecular formula is C34H46N4O3S2. The molecule has 3 unspecified atom stereocenters. The van der Waals surface area contributed by atoms with E-state index >= 15 is 0 Å². The molecule has 1 aliphatic carbocycles. The number of nitrogens with two attached hydrogens (primary N) is 1. The average Bonchev–Trinajstić information content (AvgIpc) is 3.48. The summed E-state index contributed by atoms with van der Waals surface area (Å²) in [6, 6.07) is 13.5. The van der Waals surface area contributed by atoms with Crippen LogP contribution in [-0.4, -0.2) is 29.5 Å². The molecule has 43 heavy (non-hydrogen) atoms. The van der Waals surface area contributed by atoms with E-state index in [0.29, 0.717) is 11.3 Å². The molecule has 7 nitrogen and oxygen atoms in total. The van der Waals surface area contributed by atoms with Crippen molar-refractivity contribution < 1.29 is 13.2 Å². The third kappa shape index (κ3) is 12.2. The van der Waals surface area contributed by atoms with Gasteiger partial charge >= 0.3 is 0 Å². The second kappa shape index (κ2) is 21.1. The topological polar surface area (TPSA) is 118 Å². The molecule has 1 amide bonds.